The molecular formula is C39H48ClF2N5O9S2. The molecule has 1 aromatic heterocycles. The van der Waals surface area contributed by atoms with Crippen molar-refractivity contribution in [3.05, 3.63) is 88.2 Å². The molecule has 1 heterocycles. The molecule has 316 valence electrons. The summed E-state index contributed by atoms with van der Waals surface area (Å²) in [6.45, 7) is 11.7. The van der Waals surface area contributed by atoms with Gasteiger partial charge in [-0.15, -0.1) is 0 Å². The molecular weight excluding hydrogens is 820 g/mol. The van der Waals surface area contributed by atoms with Crippen molar-refractivity contribution < 1.29 is 50.5 Å². The van der Waals surface area contributed by atoms with Crippen molar-refractivity contribution in [3.8, 4) is 17.2 Å². The molecule has 0 spiro atoms. The van der Waals surface area contributed by atoms with Crippen LogP contribution in [0.25, 0.3) is 0 Å². The van der Waals surface area contributed by atoms with E-state index in [1.165, 1.54) is 19.1 Å². The topological polar surface area (TPSA) is 159 Å². The highest BCUT2D eigenvalue weighted by molar-refractivity contribution is 7.93. The highest BCUT2D eigenvalue weighted by Crippen LogP contribution is 2.34. The van der Waals surface area contributed by atoms with E-state index in [1.807, 2.05) is 0 Å². The average molecular weight is 868 g/mol. The molecule has 1 amide bonds. The summed E-state index contributed by atoms with van der Waals surface area (Å²) in [6, 6.07) is 10.0. The number of ether oxygens (including phenoxy) is 5. The molecule has 0 saturated carbocycles. The van der Waals surface area contributed by atoms with Crippen LogP contribution in [0.15, 0.2) is 59.8 Å². The van der Waals surface area contributed by atoms with E-state index in [1.54, 1.807) is 84.9 Å². The van der Waals surface area contributed by atoms with E-state index in [0.717, 1.165) is 22.2 Å². The maximum absolute atomic E-state index is 15.8. The van der Waals surface area contributed by atoms with Crippen LogP contribution in [0, 0.1) is 11.6 Å². The van der Waals surface area contributed by atoms with E-state index < -0.39 is 61.6 Å². The SMILES string of the molecule is COc1ccc(CN(c2ncns2)S(=O)(=O)c2cc(F)c(OCc3ccc(Cl)cc3CN(CCNC(C)C(=O)OC(C)(C)C)C(=O)OC(C)(C)C)cc2F)c(OC)c1. The van der Waals surface area contributed by atoms with Gasteiger partial charge in [-0.05, 0) is 83.9 Å². The van der Waals surface area contributed by atoms with Gasteiger partial charge in [-0.25, -0.2) is 31.3 Å². The lowest BCUT2D eigenvalue weighted by Crippen LogP contribution is -2.44. The first-order valence-corrected chi connectivity index (χ1v) is 20.5. The summed E-state index contributed by atoms with van der Waals surface area (Å²) in [6.07, 6.45) is 0.493. The fourth-order valence-corrected chi connectivity index (χ4v) is 7.69. The Morgan fingerprint density at radius 1 is 0.879 bits per heavy atom. The van der Waals surface area contributed by atoms with Crippen LogP contribution in [-0.2, 0) is 44.0 Å². The molecule has 4 rings (SSSR count). The van der Waals surface area contributed by atoms with Crippen LogP contribution < -0.4 is 23.8 Å². The number of benzene rings is 3. The van der Waals surface area contributed by atoms with Crippen molar-refractivity contribution in [3.63, 3.8) is 0 Å². The Hall–Kier alpha value is -4.78. The largest absolute Gasteiger partial charge is 0.497 e. The number of hydrogen-bond acceptors (Lipinski definition) is 13. The lowest BCUT2D eigenvalue weighted by molar-refractivity contribution is -0.156. The number of halogens is 3. The summed E-state index contributed by atoms with van der Waals surface area (Å²) in [5.74, 6) is -2.72. The van der Waals surface area contributed by atoms with E-state index in [9.17, 15) is 18.0 Å². The summed E-state index contributed by atoms with van der Waals surface area (Å²) in [7, 11) is -1.92. The molecule has 58 heavy (non-hydrogen) atoms. The number of anilines is 1. The number of nitrogens with zero attached hydrogens (tertiary/aromatic N) is 4. The van der Waals surface area contributed by atoms with Gasteiger partial charge in [-0.1, -0.05) is 17.7 Å². The molecule has 1 unspecified atom stereocenters. The fraction of sp³-hybridized carbons (Fsp3) is 0.436. The first-order valence-electron chi connectivity index (χ1n) is 18.0. The van der Waals surface area contributed by atoms with Gasteiger partial charge in [-0.2, -0.15) is 4.37 Å². The highest BCUT2D eigenvalue weighted by Gasteiger charge is 2.33. The molecule has 4 aromatic rings. The molecule has 1 N–H and O–H groups in total. The molecule has 19 heteroatoms. The van der Waals surface area contributed by atoms with Crippen molar-refractivity contribution >= 4 is 50.4 Å². The van der Waals surface area contributed by atoms with Gasteiger partial charge >= 0.3 is 12.1 Å². The second-order valence-electron chi connectivity index (χ2n) is 14.9. The minimum Gasteiger partial charge on any atom is -0.497 e. The minimum absolute atomic E-state index is 0.0366. The smallest absolute Gasteiger partial charge is 0.410 e. The van der Waals surface area contributed by atoms with Crippen molar-refractivity contribution in [2.45, 2.75) is 90.3 Å². The zero-order valence-corrected chi connectivity index (χ0v) is 36.1. The van der Waals surface area contributed by atoms with Crippen LogP contribution in [0.3, 0.4) is 0 Å². The van der Waals surface area contributed by atoms with E-state index in [4.69, 9.17) is 35.3 Å². The molecule has 0 bridgehead atoms. The van der Waals surface area contributed by atoms with Crippen LogP contribution in [-0.4, -0.2) is 79.3 Å². The van der Waals surface area contributed by atoms with Gasteiger partial charge in [0.1, 0.15) is 52.4 Å². The number of carbonyl (C=O) groups excluding carboxylic acids is 2. The van der Waals surface area contributed by atoms with Crippen LogP contribution >= 0.6 is 23.1 Å². The Balaban J connectivity index is 1.57. The molecule has 0 saturated heterocycles. The second-order valence-corrected chi connectivity index (χ2v) is 18.0. The predicted molar refractivity (Wildman–Crippen MR) is 215 cm³/mol. The van der Waals surface area contributed by atoms with Crippen LogP contribution in [0.2, 0.25) is 5.02 Å². The van der Waals surface area contributed by atoms with Crippen molar-refractivity contribution in [1.82, 2.24) is 19.6 Å². The summed E-state index contributed by atoms with van der Waals surface area (Å²) in [5.41, 5.74) is -0.159. The molecule has 0 aliphatic carbocycles. The zero-order valence-electron chi connectivity index (χ0n) is 33.7. The molecule has 0 radical (unpaired) electrons. The number of hydrogen-bond donors (Lipinski definition) is 1. The summed E-state index contributed by atoms with van der Waals surface area (Å²) < 4.78 is 91.7. The number of aromatic nitrogens is 2. The van der Waals surface area contributed by atoms with Gasteiger partial charge in [0, 0.05) is 60.0 Å². The van der Waals surface area contributed by atoms with Crippen LogP contribution in [0.1, 0.15) is 65.2 Å². The Bertz CT molecular complexity index is 2170. The fourth-order valence-electron chi connectivity index (χ4n) is 5.30. The molecule has 0 aliphatic heterocycles. The Kier molecular flexibility index (Phi) is 15.3. The third kappa shape index (κ3) is 12.6. The summed E-state index contributed by atoms with van der Waals surface area (Å²) >= 11 is 7.10. The monoisotopic (exact) mass is 867 g/mol. The number of sulfonamides is 1. The standard InChI is InChI=1S/C39H48ClF2N5O9S2/c1-24(35(48)55-38(2,3)4)43-14-15-46(37(49)56-39(5,6)7)20-27-16-28(40)12-10-26(27)22-54-33-18-31(42)34(19-30(33)41)58(50,51)47(36-44-23-45-57-36)21-25-11-13-29(52-8)17-32(25)53-9/h10-13,16-19,23-24,43H,14-15,20-22H2,1-9H3. The normalized spacial score (nSPS) is 12.4. The van der Waals surface area contributed by atoms with E-state index in [2.05, 4.69) is 14.7 Å². The molecule has 14 nitrogen and oxygen atoms in total. The number of esters is 1. The first-order chi connectivity index (χ1) is 27.1. The number of carbonyl (C=O) groups is 2. The highest BCUT2D eigenvalue weighted by atomic mass is 35.5. The number of methoxy groups -OCH3 is 2. The van der Waals surface area contributed by atoms with Crippen LogP contribution in [0.4, 0.5) is 18.7 Å². The Labute approximate surface area is 346 Å². The maximum Gasteiger partial charge on any atom is 0.410 e. The summed E-state index contributed by atoms with van der Waals surface area (Å²) in [4.78, 5) is 30.3. The van der Waals surface area contributed by atoms with Gasteiger partial charge in [-0.3, -0.25) is 4.79 Å². The average Bonchev–Trinajstić information content (AvgIpc) is 3.67. The maximum atomic E-state index is 15.8. The van der Waals surface area contributed by atoms with Gasteiger partial charge in [0.15, 0.2) is 11.6 Å². The molecule has 0 fully saturated rings. The Morgan fingerprint density at radius 3 is 2.19 bits per heavy atom. The second kappa shape index (κ2) is 19.3. The van der Waals surface area contributed by atoms with Gasteiger partial charge in [0.2, 0.25) is 5.13 Å². The van der Waals surface area contributed by atoms with Crippen LogP contribution in [0.5, 0.6) is 17.2 Å². The van der Waals surface area contributed by atoms with Gasteiger partial charge in [0.05, 0.1) is 20.8 Å². The first kappa shape index (κ1) is 45.9. The van der Waals surface area contributed by atoms with Crippen molar-refractivity contribution in [1.29, 1.82) is 0 Å². The van der Waals surface area contributed by atoms with E-state index in [0.29, 0.717) is 45.3 Å². The number of amides is 1. The van der Waals surface area contributed by atoms with Crippen molar-refractivity contribution in [2.24, 2.45) is 0 Å². The molecule has 1 atom stereocenters. The van der Waals surface area contributed by atoms with E-state index in [-0.39, 0.29) is 37.9 Å². The number of nitrogens with one attached hydrogen (secondary N) is 1. The lowest BCUT2D eigenvalue weighted by Gasteiger charge is -2.29. The molecule has 0 aliphatic rings. The van der Waals surface area contributed by atoms with Crippen molar-refractivity contribution in [2.75, 3.05) is 31.6 Å². The summed E-state index contributed by atoms with van der Waals surface area (Å²) in [5, 5.41) is 3.30. The van der Waals surface area contributed by atoms with Gasteiger partial charge < -0.3 is 33.9 Å². The third-order valence-corrected chi connectivity index (χ3v) is 10.9. The van der Waals surface area contributed by atoms with E-state index >= 15 is 8.78 Å². The minimum atomic E-state index is -4.78. The lowest BCUT2D eigenvalue weighted by atomic mass is 10.1. The Morgan fingerprint density at radius 2 is 1.57 bits per heavy atom. The predicted octanol–water partition coefficient (Wildman–Crippen LogP) is 7.52. The van der Waals surface area contributed by atoms with Gasteiger partial charge in [0.25, 0.3) is 10.0 Å². The number of rotatable bonds is 17. The zero-order chi connectivity index (χ0) is 43.0. The molecule has 3 aromatic carbocycles. The third-order valence-electron chi connectivity index (χ3n) is 8.08. The quantitative estimate of drug-likeness (QED) is 0.104.